The third-order valence-electron chi connectivity index (χ3n) is 4.19. The highest BCUT2D eigenvalue weighted by Crippen LogP contribution is 2.31. The van der Waals surface area contributed by atoms with Gasteiger partial charge < -0.3 is 4.74 Å². The number of methoxy groups -OCH3 is 1. The summed E-state index contributed by atoms with van der Waals surface area (Å²) in [6, 6.07) is 11.8. The molecule has 0 radical (unpaired) electrons. The van der Waals surface area contributed by atoms with Crippen LogP contribution in [0, 0.1) is 11.3 Å². The molecule has 1 aromatic carbocycles. The van der Waals surface area contributed by atoms with Gasteiger partial charge in [0.1, 0.15) is 11.2 Å². The molecule has 0 atom stereocenters. The van der Waals surface area contributed by atoms with Crippen LogP contribution in [0.1, 0.15) is 30.8 Å². The number of ether oxygens (including phenoxy) is 1. The number of rotatable bonds is 5. The Labute approximate surface area is 163 Å². The maximum atomic E-state index is 9.20. The molecule has 2 aromatic heterocycles. The van der Waals surface area contributed by atoms with Crippen molar-refractivity contribution in [1.29, 1.82) is 5.26 Å². The van der Waals surface area contributed by atoms with Gasteiger partial charge in [-0.15, -0.1) is 0 Å². The van der Waals surface area contributed by atoms with E-state index in [-0.39, 0.29) is 0 Å². The number of halogens is 1. The van der Waals surface area contributed by atoms with Crippen LogP contribution < -0.4 is 4.74 Å². The largest absolute Gasteiger partial charge is 0.481 e. The molecule has 3 aromatic rings. The molecule has 136 valence electrons. The lowest BCUT2D eigenvalue weighted by Gasteiger charge is -2.13. The average Bonchev–Trinajstić information content (AvgIpc) is 2.68. The fourth-order valence-corrected chi connectivity index (χ4v) is 2.86. The first kappa shape index (κ1) is 18.8. The normalized spacial score (nSPS) is 11.1. The molecule has 5 nitrogen and oxygen atoms in total. The zero-order valence-electron chi connectivity index (χ0n) is 15.4. The van der Waals surface area contributed by atoms with Crippen LogP contribution in [0.2, 0.25) is 5.02 Å². The molecular weight excluding hydrogens is 360 g/mol. The lowest BCUT2D eigenvalue weighted by Crippen LogP contribution is -2.18. The lowest BCUT2D eigenvalue weighted by molar-refractivity contribution is 0.399. The Morgan fingerprint density at radius 2 is 1.78 bits per heavy atom. The number of nitriles is 1. The molecule has 27 heavy (non-hydrogen) atoms. The summed E-state index contributed by atoms with van der Waals surface area (Å²) in [6.07, 6.45) is 5.91. The van der Waals surface area contributed by atoms with Crippen molar-refractivity contribution in [3.05, 3.63) is 70.9 Å². The first-order valence-electron chi connectivity index (χ1n) is 8.44. The molecule has 0 aliphatic carbocycles. The Morgan fingerprint density at radius 1 is 1.07 bits per heavy atom. The van der Waals surface area contributed by atoms with Crippen molar-refractivity contribution in [2.75, 3.05) is 7.11 Å². The average molecular weight is 379 g/mol. The SMILES string of the molecule is COc1ncc(Cc2cnc(C(C)(C)C#N)nc2)cc1-c1cccc(Cl)c1. The van der Waals surface area contributed by atoms with Crippen LogP contribution in [0.15, 0.2) is 48.9 Å². The highest BCUT2D eigenvalue weighted by molar-refractivity contribution is 6.30. The summed E-state index contributed by atoms with van der Waals surface area (Å²) in [5.41, 5.74) is 3.05. The molecule has 0 aliphatic rings. The van der Waals surface area contributed by atoms with E-state index in [1.807, 2.05) is 30.3 Å². The van der Waals surface area contributed by atoms with Gasteiger partial charge in [0.15, 0.2) is 0 Å². The predicted octanol–water partition coefficient (Wildman–Crippen LogP) is 4.59. The molecule has 2 heterocycles. The van der Waals surface area contributed by atoms with E-state index in [9.17, 15) is 5.26 Å². The number of benzene rings is 1. The van der Waals surface area contributed by atoms with Gasteiger partial charge in [-0.3, -0.25) is 0 Å². The number of hydrogen-bond acceptors (Lipinski definition) is 5. The third-order valence-corrected chi connectivity index (χ3v) is 4.42. The topological polar surface area (TPSA) is 71.7 Å². The minimum atomic E-state index is -0.708. The van der Waals surface area contributed by atoms with E-state index in [0.717, 1.165) is 22.3 Å². The predicted molar refractivity (Wildman–Crippen MR) is 105 cm³/mol. The van der Waals surface area contributed by atoms with E-state index in [2.05, 4.69) is 21.0 Å². The zero-order valence-corrected chi connectivity index (χ0v) is 16.2. The molecule has 0 N–H and O–H groups in total. The first-order chi connectivity index (χ1) is 12.9. The van der Waals surface area contributed by atoms with E-state index >= 15 is 0 Å². The van der Waals surface area contributed by atoms with Crippen molar-refractivity contribution < 1.29 is 4.74 Å². The molecule has 0 spiro atoms. The highest BCUT2D eigenvalue weighted by atomic mass is 35.5. The maximum absolute atomic E-state index is 9.20. The highest BCUT2D eigenvalue weighted by Gasteiger charge is 2.22. The van der Waals surface area contributed by atoms with E-state index in [1.165, 1.54) is 0 Å². The molecule has 0 unspecified atom stereocenters. The van der Waals surface area contributed by atoms with Gasteiger partial charge in [-0.1, -0.05) is 23.7 Å². The van der Waals surface area contributed by atoms with Crippen molar-refractivity contribution in [1.82, 2.24) is 15.0 Å². The summed E-state index contributed by atoms with van der Waals surface area (Å²) in [7, 11) is 1.60. The number of pyridine rings is 1. The first-order valence-corrected chi connectivity index (χ1v) is 8.82. The summed E-state index contributed by atoms with van der Waals surface area (Å²) in [5.74, 6) is 1.06. The Bertz CT molecular complexity index is 994. The van der Waals surface area contributed by atoms with Gasteiger partial charge >= 0.3 is 0 Å². The zero-order chi connectivity index (χ0) is 19.4. The molecule has 0 bridgehead atoms. The Balaban J connectivity index is 1.90. The smallest absolute Gasteiger partial charge is 0.221 e. The van der Waals surface area contributed by atoms with Crippen molar-refractivity contribution in [2.45, 2.75) is 25.7 Å². The number of hydrogen-bond donors (Lipinski definition) is 0. The van der Waals surface area contributed by atoms with Gasteiger partial charge in [-0.05, 0) is 48.7 Å². The van der Waals surface area contributed by atoms with Crippen LogP contribution in [0.25, 0.3) is 11.1 Å². The quantitative estimate of drug-likeness (QED) is 0.649. The van der Waals surface area contributed by atoms with Crippen molar-refractivity contribution in [3.63, 3.8) is 0 Å². The lowest BCUT2D eigenvalue weighted by atomic mass is 9.94. The summed E-state index contributed by atoms with van der Waals surface area (Å²) in [5, 5.41) is 9.86. The molecule has 0 fully saturated rings. The third kappa shape index (κ3) is 4.24. The van der Waals surface area contributed by atoms with Crippen LogP contribution in [-0.2, 0) is 11.8 Å². The molecule has 0 aliphatic heterocycles. The van der Waals surface area contributed by atoms with Gasteiger partial charge in [0.2, 0.25) is 5.88 Å². The number of nitrogens with zero attached hydrogens (tertiary/aromatic N) is 4. The monoisotopic (exact) mass is 378 g/mol. The van der Waals surface area contributed by atoms with Gasteiger partial charge in [-0.2, -0.15) is 5.26 Å². The van der Waals surface area contributed by atoms with E-state index in [4.69, 9.17) is 16.3 Å². The summed E-state index contributed by atoms with van der Waals surface area (Å²) in [6.45, 7) is 3.60. The van der Waals surface area contributed by atoms with E-state index in [1.54, 1.807) is 39.5 Å². The van der Waals surface area contributed by atoms with Crippen molar-refractivity contribution in [2.24, 2.45) is 0 Å². The molecular formula is C21H19ClN4O. The van der Waals surface area contributed by atoms with Gasteiger partial charge in [0, 0.05) is 35.6 Å². The van der Waals surface area contributed by atoms with Crippen molar-refractivity contribution in [3.8, 4) is 23.1 Å². The Hall–Kier alpha value is -2.97. The number of aromatic nitrogens is 3. The van der Waals surface area contributed by atoms with Crippen LogP contribution in [0.4, 0.5) is 0 Å². The van der Waals surface area contributed by atoms with Gasteiger partial charge in [0.05, 0.1) is 13.2 Å². The van der Waals surface area contributed by atoms with Crippen LogP contribution in [0.5, 0.6) is 5.88 Å². The minimum Gasteiger partial charge on any atom is -0.481 e. The summed E-state index contributed by atoms with van der Waals surface area (Å²) < 4.78 is 5.40. The second-order valence-corrected chi connectivity index (χ2v) is 7.18. The molecule has 0 saturated carbocycles. The van der Waals surface area contributed by atoms with Crippen LogP contribution in [0.3, 0.4) is 0 Å². The van der Waals surface area contributed by atoms with Crippen LogP contribution in [-0.4, -0.2) is 22.1 Å². The van der Waals surface area contributed by atoms with Gasteiger partial charge in [0.25, 0.3) is 0 Å². The molecule has 6 heteroatoms. The van der Waals surface area contributed by atoms with E-state index < -0.39 is 5.41 Å². The molecule has 0 saturated heterocycles. The summed E-state index contributed by atoms with van der Waals surface area (Å²) >= 11 is 6.12. The molecule has 0 amide bonds. The standard InChI is InChI=1S/C21H19ClN4O/c1-21(2,13-23)20-25-11-15(12-26-20)7-14-8-18(19(27-3)24-10-14)16-5-4-6-17(22)9-16/h4-6,8-12H,7H2,1-3H3. The van der Waals surface area contributed by atoms with Gasteiger partial charge in [-0.25, -0.2) is 15.0 Å². The van der Waals surface area contributed by atoms with Crippen LogP contribution >= 0.6 is 11.6 Å². The molecule has 3 rings (SSSR count). The minimum absolute atomic E-state index is 0.515. The summed E-state index contributed by atoms with van der Waals surface area (Å²) in [4.78, 5) is 13.1. The van der Waals surface area contributed by atoms with Crippen molar-refractivity contribution >= 4 is 11.6 Å². The fourth-order valence-electron chi connectivity index (χ4n) is 2.67. The van der Waals surface area contributed by atoms with E-state index in [0.29, 0.717) is 23.1 Å². The fraction of sp³-hybridized carbons (Fsp3) is 0.238. The second-order valence-electron chi connectivity index (χ2n) is 6.74. The Morgan fingerprint density at radius 3 is 2.41 bits per heavy atom. The maximum Gasteiger partial charge on any atom is 0.221 e. The Kier molecular flexibility index (Phi) is 5.38. The second kappa shape index (κ2) is 7.73.